The number of carbonyl (C=O) groups is 2. The summed E-state index contributed by atoms with van der Waals surface area (Å²) in [5, 5.41) is 9.24. The van der Waals surface area contributed by atoms with Crippen LogP contribution in [0.15, 0.2) is 24.3 Å². The minimum Gasteiger partial charge on any atom is -0.494 e. The molecule has 1 amide bonds. The number of rotatable bonds is 7. The largest absolute Gasteiger partial charge is 0.494 e. The number of nitrogens with zero attached hydrogens (tertiary/aromatic N) is 1. The average Bonchev–Trinajstić information content (AvgIpc) is 2.58. The first-order chi connectivity index (χ1) is 11.1. The molecule has 1 aliphatic heterocycles. The molecule has 1 N–H and O–H groups in total. The molecule has 5 heteroatoms. The summed E-state index contributed by atoms with van der Waals surface area (Å²) >= 11 is 0. The van der Waals surface area contributed by atoms with E-state index < -0.39 is 12.0 Å². The van der Waals surface area contributed by atoms with E-state index in [-0.39, 0.29) is 5.91 Å². The van der Waals surface area contributed by atoms with Crippen molar-refractivity contribution in [1.82, 2.24) is 4.90 Å². The molecule has 1 heterocycles. The zero-order valence-corrected chi connectivity index (χ0v) is 13.7. The van der Waals surface area contributed by atoms with E-state index in [9.17, 15) is 14.7 Å². The summed E-state index contributed by atoms with van der Waals surface area (Å²) in [5.41, 5.74) is 1.06. The maximum Gasteiger partial charge on any atom is 0.326 e. The number of amides is 1. The normalized spacial score (nSPS) is 17.8. The molecule has 1 aromatic carbocycles. The number of piperidine rings is 1. The average molecular weight is 319 g/mol. The minimum absolute atomic E-state index is 0.0663. The maximum atomic E-state index is 12.3. The van der Waals surface area contributed by atoms with E-state index in [0.717, 1.165) is 30.6 Å². The molecule has 0 aliphatic carbocycles. The smallest absolute Gasteiger partial charge is 0.326 e. The van der Waals surface area contributed by atoms with Crippen LogP contribution in [0.1, 0.15) is 44.6 Å². The topological polar surface area (TPSA) is 66.8 Å². The summed E-state index contributed by atoms with van der Waals surface area (Å²) in [6.45, 7) is 3.31. The van der Waals surface area contributed by atoms with E-state index in [1.807, 2.05) is 24.3 Å². The summed E-state index contributed by atoms with van der Waals surface area (Å²) in [7, 11) is 0. The molecule has 0 saturated carbocycles. The summed E-state index contributed by atoms with van der Waals surface area (Å²) in [6, 6.07) is 7.10. The van der Waals surface area contributed by atoms with Crippen molar-refractivity contribution < 1.29 is 19.4 Å². The molecule has 0 unspecified atom stereocenters. The number of likely N-dealkylation sites (tertiary alicyclic amines) is 1. The molecular weight excluding hydrogens is 294 g/mol. The van der Waals surface area contributed by atoms with Crippen LogP contribution in [0.3, 0.4) is 0 Å². The van der Waals surface area contributed by atoms with Gasteiger partial charge in [0.2, 0.25) is 5.91 Å². The minimum atomic E-state index is -0.893. The van der Waals surface area contributed by atoms with Crippen LogP contribution in [0.4, 0.5) is 0 Å². The summed E-state index contributed by atoms with van der Waals surface area (Å²) in [5.74, 6) is -0.122. The van der Waals surface area contributed by atoms with Gasteiger partial charge in [-0.2, -0.15) is 0 Å². The molecule has 126 valence electrons. The van der Waals surface area contributed by atoms with Gasteiger partial charge >= 0.3 is 5.97 Å². The third kappa shape index (κ3) is 4.98. The standard InChI is InChI=1S/C18H25NO4/c1-2-13-23-15-9-6-14(7-10-15)8-11-17(20)19-12-4-3-5-16(19)18(21)22/h6-7,9-10,16H,2-5,8,11-13H2,1H3,(H,21,22)/t16-/m1/s1. The highest BCUT2D eigenvalue weighted by molar-refractivity contribution is 5.84. The first kappa shape index (κ1) is 17.3. The molecule has 1 saturated heterocycles. The lowest BCUT2D eigenvalue weighted by atomic mass is 10.0. The van der Waals surface area contributed by atoms with Crippen LogP contribution in [-0.4, -0.2) is 41.1 Å². The molecule has 0 bridgehead atoms. The molecule has 5 nitrogen and oxygen atoms in total. The van der Waals surface area contributed by atoms with Gasteiger partial charge in [-0.1, -0.05) is 19.1 Å². The van der Waals surface area contributed by atoms with E-state index in [1.54, 1.807) is 0 Å². The Morgan fingerprint density at radius 1 is 1.26 bits per heavy atom. The lowest BCUT2D eigenvalue weighted by Gasteiger charge is -2.33. The Labute approximate surface area is 137 Å². The summed E-state index contributed by atoms with van der Waals surface area (Å²) in [6.07, 6.45) is 4.26. The lowest BCUT2D eigenvalue weighted by molar-refractivity contribution is -0.152. The highest BCUT2D eigenvalue weighted by Crippen LogP contribution is 2.19. The Hall–Kier alpha value is -2.04. The highest BCUT2D eigenvalue weighted by Gasteiger charge is 2.31. The number of ether oxygens (including phenoxy) is 1. The fourth-order valence-electron chi connectivity index (χ4n) is 2.85. The Morgan fingerprint density at radius 2 is 2.00 bits per heavy atom. The first-order valence-corrected chi connectivity index (χ1v) is 8.36. The van der Waals surface area contributed by atoms with Crippen LogP contribution < -0.4 is 4.74 Å². The Kier molecular flexibility index (Phi) is 6.44. The molecule has 0 spiro atoms. The van der Waals surface area contributed by atoms with Crippen molar-refractivity contribution in [2.24, 2.45) is 0 Å². The second-order valence-corrected chi connectivity index (χ2v) is 5.93. The fourth-order valence-corrected chi connectivity index (χ4v) is 2.85. The number of carboxylic acids is 1. The monoisotopic (exact) mass is 319 g/mol. The molecule has 0 radical (unpaired) electrons. The van der Waals surface area contributed by atoms with Crippen LogP contribution in [-0.2, 0) is 16.0 Å². The van der Waals surface area contributed by atoms with Crippen molar-refractivity contribution in [3.8, 4) is 5.75 Å². The van der Waals surface area contributed by atoms with Crippen molar-refractivity contribution in [3.63, 3.8) is 0 Å². The van der Waals surface area contributed by atoms with Gasteiger partial charge in [-0.25, -0.2) is 4.79 Å². The van der Waals surface area contributed by atoms with Gasteiger partial charge in [-0.05, 0) is 49.8 Å². The van der Waals surface area contributed by atoms with Gasteiger partial charge in [0.15, 0.2) is 0 Å². The van der Waals surface area contributed by atoms with Gasteiger partial charge in [0.25, 0.3) is 0 Å². The maximum absolute atomic E-state index is 12.3. The van der Waals surface area contributed by atoms with Gasteiger partial charge in [0.05, 0.1) is 6.61 Å². The van der Waals surface area contributed by atoms with Crippen molar-refractivity contribution in [3.05, 3.63) is 29.8 Å². The predicted octanol–water partition coefficient (Wildman–Crippen LogP) is 2.87. The van der Waals surface area contributed by atoms with Crippen LogP contribution in [0.5, 0.6) is 5.75 Å². The third-order valence-electron chi connectivity index (χ3n) is 4.13. The SMILES string of the molecule is CCCOc1ccc(CCC(=O)N2CCCC[C@@H]2C(=O)O)cc1. The zero-order chi connectivity index (χ0) is 16.7. The number of benzene rings is 1. The van der Waals surface area contributed by atoms with E-state index in [4.69, 9.17) is 4.74 Å². The zero-order valence-electron chi connectivity index (χ0n) is 13.7. The third-order valence-corrected chi connectivity index (χ3v) is 4.13. The Bertz CT molecular complexity index is 526. The number of hydrogen-bond donors (Lipinski definition) is 1. The van der Waals surface area contributed by atoms with Crippen LogP contribution >= 0.6 is 0 Å². The molecule has 23 heavy (non-hydrogen) atoms. The van der Waals surface area contributed by atoms with Crippen molar-refractivity contribution in [2.45, 2.75) is 51.5 Å². The number of aliphatic carboxylic acids is 1. The van der Waals surface area contributed by atoms with E-state index in [2.05, 4.69) is 6.92 Å². The van der Waals surface area contributed by atoms with Crippen molar-refractivity contribution in [2.75, 3.05) is 13.2 Å². The molecule has 1 aliphatic rings. The van der Waals surface area contributed by atoms with Gasteiger partial charge < -0.3 is 14.7 Å². The number of carbonyl (C=O) groups excluding carboxylic acids is 1. The molecule has 0 aromatic heterocycles. The van der Waals surface area contributed by atoms with Crippen LogP contribution in [0, 0.1) is 0 Å². The molecule has 1 fully saturated rings. The summed E-state index contributed by atoms with van der Waals surface area (Å²) in [4.78, 5) is 25.1. The molecule has 1 aromatic rings. The Morgan fingerprint density at radius 3 is 2.65 bits per heavy atom. The molecule has 1 atom stereocenters. The van der Waals surface area contributed by atoms with Gasteiger partial charge in [0.1, 0.15) is 11.8 Å². The highest BCUT2D eigenvalue weighted by atomic mass is 16.5. The number of hydrogen-bond acceptors (Lipinski definition) is 3. The second-order valence-electron chi connectivity index (χ2n) is 5.93. The second kappa shape index (κ2) is 8.56. The van der Waals surface area contributed by atoms with E-state index >= 15 is 0 Å². The van der Waals surface area contributed by atoms with E-state index in [0.29, 0.717) is 32.4 Å². The quantitative estimate of drug-likeness (QED) is 0.839. The van der Waals surface area contributed by atoms with Crippen LogP contribution in [0.25, 0.3) is 0 Å². The van der Waals surface area contributed by atoms with Crippen molar-refractivity contribution >= 4 is 11.9 Å². The van der Waals surface area contributed by atoms with Gasteiger partial charge in [0, 0.05) is 13.0 Å². The number of aryl methyl sites for hydroxylation is 1. The number of carboxylic acid groups (broad SMARTS) is 1. The van der Waals surface area contributed by atoms with E-state index in [1.165, 1.54) is 4.90 Å². The molecular formula is C18H25NO4. The van der Waals surface area contributed by atoms with Crippen molar-refractivity contribution in [1.29, 1.82) is 0 Å². The lowest BCUT2D eigenvalue weighted by Crippen LogP contribution is -2.48. The fraction of sp³-hybridized carbons (Fsp3) is 0.556. The van der Waals surface area contributed by atoms with Crippen LogP contribution in [0.2, 0.25) is 0 Å². The Balaban J connectivity index is 1.86. The predicted molar refractivity (Wildman–Crippen MR) is 87.5 cm³/mol. The van der Waals surface area contributed by atoms with Gasteiger partial charge in [-0.15, -0.1) is 0 Å². The summed E-state index contributed by atoms with van der Waals surface area (Å²) < 4.78 is 5.53. The molecule has 2 rings (SSSR count). The van der Waals surface area contributed by atoms with Gasteiger partial charge in [-0.3, -0.25) is 4.79 Å². The first-order valence-electron chi connectivity index (χ1n) is 8.36.